The van der Waals surface area contributed by atoms with Crippen molar-refractivity contribution in [3.05, 3.63) is 0 Å². The maximum absolute atomic E-state index is 12.8. The molecule has 0 amide bonds. The second-order valence-electron chi connectivity index (χ2n) is 17.7. The lowest BCUT2D eigenvalue weighted by molar-refractivity contribution is -0.301. The molecule has 4 saturated carbocycles. The molecule has 1 spiro atoms. The maximum Gasteiger partial charge on any atom is 0.303 e. The van der Waals surface area contributed by atoms with Crippen molar-refractivity contribution in [2.45, 2.75) is 143 Å². The minimum absolute atomic E-state index is 0.0115. The molecule has 13 atom stereocenters. The predicted octanol–water partition coefficient (Wildman–Crippen LogP) is 6.52. The molecule has 0 aromatic rings. The van der Waals surface area contributed by atoms with Crippen molar-refractivity contribution in [1.29, 1.82) is 0 Å². The van der Waals surface area contributed by atoms with Gasteiger partial charge < -0.3 is 37.9 Å². The van der Waals surface area contributed by atoms with E-state index in [1.807, 2.05) is 13.8 Å². The number of carbonyl (C=O) groups excluding carboxylic acids is 2. The van der Waals surface area contributed by atoms with Crippen molar-refractivity contribution in [2.75, 3.05) is 33.7 Å². The summed E-state index contributed by atoms with van der Waals surface area (Å²) in [5.74, 6) is 0.203. The Hall–Kier alpha value is -1.30. The summed E-state index contributed by atoms with van der Waals surface area (Å²) in [6.45, 7) is 19.9. The first-order chi connectivity index (χ1) is 23.0. The van der Waals surface area contributed by atoms with E-state index in [4.69, 9.17) is 37.9 Å². The van der Waals surface area contributed by atoms with Gasteiger partial charge in [-0.15, -0.1) is 0 Å². The summed E-state index contributed by atoms with van der Waals surface area (Å²) in [6.07, 6.45) is 6.40. The van der Waals surface area contributed by atoms with Crippen molar-refractivity contribution < 1.29 is 47.5 Å². The number of methoxy groups -OCH3 is 1. The Bertz CT molecular complexity index is 1200. The first-order valence-electron chi connectivity index (χ1n) is 19.1. The highest BCUT2D eigenvalue weighted by molar-refractivity contribution is 5.66. The number of carbonyl (C=O) groups is 2. The molecule has 10 nitrogen and oxygen atoms in total. The average molecular weight is 693 g/mol. The van der Waals surface area contributed by atoms with Crippen LogP contribution in [0.1, 0.15) is 107 Å². The summed E-state index contributed by atoms with van der Waals surface area (Å²) in [5, 5.41) is 0. The molecule has 49 heavy (non-hydrogen) atoms. The van der Waals surface area contributed by atoms with Gasteiger partial charge >= 0.3 is 11.9 Å². The third kappa shape index (κ3) is 6.74. The van der Waals surface area contributed by atoms with Gasteiger partial charge in [-0.05, 0) is 98.7 Å². The first kappa shape index (κ1) is 37.5. The monoisotopic (exact) mass is 692 g/mol. The van der Waals surface area contributed by atoms with E-state index >= 15 is 0 Å². The van der Waals surface area contributed by atoms with Crippen molar-refractivity contribution in [1.82, 2.24) is 0 Å². The highest BCUT2D eigenvalue weighted by Crippen LogP contribution is 2.71. The normalized spacial score (nSPS) is 41.2. The van der Waals surface area contributed by atoms with Crippen LogP contribution < -0.4 is 0 Å². The highest BCUT2D eigenvalue weighted by atomic mass is 16.8. The largest absolute Gasteiger partial charge is 0.465 e. The number of hydrogen-bond donors (Lipinski definition) is 0. The number of esters is 2. The van der Waals surface area contributed by atoms with Crippen LogP contribution in [0, 0.1) is 58.2 Å². The second-order valence-corrected chi connectivity index (χ2v) is 17.7. The van der Waals surface area contributed by atoms with E-state index in [0.29, 0.717) is 36.9 Å². The molecule has 0 N–H and O–H groups in total. The summed E-state index contributed by atoms with van der Waals surface area (Å²) < 4.78 is 50.0. The van der Waals surface area contributed by atoms with Crippen molar-refractivity contribution in [2.24, 2.45) is 58.2 Å². The summed E-state index contributed by atoms with van der Waals surface area (Å²) in [4.78, 5) is 24.6. The Kier molecular flexibility index (Phi) is 10.6. The Labute approximate surface area is 294 Å². The first-order valence-corrected chi connectivity index (χ1v) is 19.1. The van der Waals surface area contributed by atoms with Crippen LogP contribution in [-0.4, -0.2) is 81.7 Å². The molecule has 6 aliphatic rings. The van der Waals surface area contributed by atoms with E-state index < -0.39 is 23.8 Å². The van der Waals surface area contributed by atoms with Gasteiger partial charge in [-0.1, -0.05) is 34.6 Å². The van der Waals surface area contributed by atoms with Crippen LogP contribution >= 0.6 is 0 Å². The van der Waals surface area contributed by atoms with Gasteiger partial charge in [0.25, 0.3) is 0 Å². The fourth-order valence-electron chi connectivity index (χ4n) is 12.4. The van der Waals surface area contributed by atoms with Crippen molar-refractivity contribution in [3.63, 3.8) is 0 Å². The van der Waals surface area contributed by atoms with Crippen LogP contribution in [0.5, 0.6) is 0 Å². The fraction of sp³-hybridized carbons (Fsp3) is 0.949. The number of hydrogen-bond acceptors (Lipinski definition) is 10. The minimum atomic E-state index is -0.584. The smallest absolute Gasteiger partial charge is 0.303 e. The molecule has 0 aromatic carbocycles. The van der Waals surface area contributed by atoms with Crippen LogP contribution in [0.3, 0.4) is 0 Å². The minimum Gasteiger partial charge on any atom is -0.465 e. The Morgan fingerprint density at radius 3 is 2.14 bits per heavy atom. The molecular formula is C39H64O10. The average Bonchev–Trinajstić information content (AvgIpc) is 3.70. The molecule has 10 heteroatoms. The fourth-order valence-corrected chi connectivity index (χ4v) is 12.4. The Balaban J connectivity index is 1.30. The van der Waals surface area contributed by atoms with Gasteiger partial charge in [0.1, 0.15) is 19.0 Å². The summed E-state index contributed by atoms with van der Waals surface area (Å²) in [6, 6.07) is 0. The third-order valence-electron chi connectivity index (χ3n) is 14.3. The zero-order valence-electron chi connectivity index (χ0n) is 31.8. The van der Waals surface area contributed by atoms with Crippen LogP contribution in [0.15, 0.2) is 0 Å². The number of ether oxygens (including phenoxy) is 8. The predicted molar refractivity (Wildman–Crippen MR) is 181 cm³/mol. The highest BCUT2D eigenvalue weighted by Gasteiger charge is 2.70. The third-order valence-corrected chi connectivity index (χ3v) is 14.3. The van der Waals surface area contributed by atoms with Gasteiger partial charge in [-0.2, -0.15) is 0 Å². The standard InChI is InChI=1S/C39H64O10/c1-22(2)27(20-43-24(4)40)35(44-21-42-10)34(47-25(5)41)23(3)28-11-12-29-26-18-39(45-15-16-46-39)33-17-31-32(49-36(6,7)48-31)19-38(33,9)30(26)13-14-37(28,29)8/h22-23,26-35H,11-21H2,1-10H3/t23-,26-,27-,28+,29-,30-,31-,32+,33-,34+,35+,37+,38+/m0/s1. The summed E-state index contributed by atoms with van der Waals surface area (Å²) in [7, 11) is 1.60. The summed E-state index contributed by atoms with van der Waals surface area (Å²) in [5.41, 5.74) is 0.0625. The molecule has 0 aromatic heterocycles. The van der Waals surface area contributed by atoms with Gasteiger partial charge in [-0.25, -0.2) is 0 Å². The van der Waals surface area contributed by atoms with Crippen molar-refractivity contribution in [3.8, 4) is 0 Å². The topological polar surface area (TPSA) is 108 Å². The second kappa shape index (κ2) is 13.9. The van der Waals surface area contributed by atoms with Crippen LogP contribution in [0.4, 0.5) is 0 Å². The molecule has 6 rings (SSSR count). The maximum atomic E-state index is 12.8. The van der Waals surface area contributed by atoms with Gasteiger partial charge in [-0.3, -0.25) is 9.59 Å². The van der Waals surface area contributed by atoms with Crippen LogP contribution in [0.2, 0.25) is 0 Å². The van der Waals surface area contributed by atoms with Gasteiger partial charge in [0.15, 0.2) is 11.6 Å². The Morgan fingerprint density at radius 2 is 1.51 bits per heavy atom. The van der Waals surface area contributed by atoms with E-state index in [1.165, 1.54) is 13.8 Å². The summed E-state index contributed by atoms with van der Waals surface area (Å²) >= 11 is 0. The zero-order chi connectivity index (χ0) is 35.5. The SMILES string of the molecule is COCO[C@@H]([C@H](OC(C)=O)[C@@H](C)[C@H]1CC[C@H]2[C@@H]3CC4(OCCO4)[C@H]4C[C@@H]5OC(C)(C)O[C@@H]5C[C@]4(C)[C@H]3CC[C@]12C)[C@@H](COC(C)=O)C(C)C. The Morgan fingerprint density at radius 1 is 0.837 bits per heavy atom. The van der Waals surface area contributed by atoms with E-state index in [1.54, 1.807) is 7.11 Å². The van der Waals surface area contributed by atoms with Crippen molar-refractivity contribution >= 4 is 11.9 Å². The lowest BCUT2D eigenvalue weighted by Gasteiger charge is -2.65. The molecule has 280 valence electrons. The van der Waals surface area contributed by atoms with Gasteiger partial charge in [0.05, 0.1) is 32.0 Å². The number of fused-ring (bicyclic) bond motifs is 7. The lowest BCUT2D eigenvalue weighted by atomic mass is 9.42. The molecular weight excluding hydrogens is 628 g/mol. The van der Waals surface area contributed by atoms with Gasteiger partial charge in [0.2, 0.25) is 0 Å². The van der Waals surface area contributed by atoms with E-state index in [2.05, 4.69) is 34.6 Å². The van der Waals surface area contributed by atoms with Crippen LogP contribution in [0.25, 0.3) is 0 Å². The van der Waals surface area contributed by atoms with E-state index in [9.17, 15) is 9.59 Å². The molecule has 0 unspecified atom stereocenters. The molecule has 2 heterocycles. The quantitative estimate of drug-likeness (QED) is 0.175. The van der Waals surface area contributed by atoms with E-state index in [0.717, 1.165) is 44.9 Å². The van der Waals surface area contributed by atoms with Gasteiger partial charge in [0, 0.05) is 39.2 Å². The molecule has 0 bridgehead atoms. The molecule has 2 saturated heterocycles. The molecule has 6 fully saturated rings. The molecule has 2 aliphatic heterocycles. The molecule has 4 aliphatic carbocycles. The zero-order valence-corrected chi connectivity index (χ0v) is 31.8. The number of rotatable bonds is 11. The van der Waals surface area contributed by atoms with E-state index in [-0.39, 0.29) is 72.0 Å². The lowest BCUT2D eigenvalue weighted by Crippen LogP contribution is -2.65. The molecule has 0 radical (unpaired) electrons. The van der Waals surface area contributed by atoms with Crippen LogP contribution in [-0.2, 0) is 47.5 Å².